The summed E-state index contributed by atoms with van der Waals surface area (Å²) in [5.41, 5.74) is 3.16. The molecule has 2 heterocycles. The molecule has 7 nitrogen and oxygen atoms in total. The van der Waals surface area contributed by atoms with Gasteiger partial charge < -0.3 is 20.1 Å². The van der Waals surface area contributed by atoms with Crippen molar-refractivity contribution in [3.8, 4) is 0 Å². The van der Waals surface area contributed by atoms with Crippen molar-refractivity contribution in [2.75, 3.05) is 23.3 Å². The Hall–Kier alpha value is -2.83. The number of amides is 2. The molecule has 0 saturated heterocycles. The second-order valence-corrected chi connectivity index (χ2v) is 7.76. The molecule has 7 heteroatoms. The number of rotatable bonds is 7. The van der Waals surface area contributed by atoms with Crippen LogP contribution < -0.4 is 15.5 Å². The van der Waals surface area contributed by atoms with E-state index in [0.717, 1.165) is 68.8 Å². The molecular weight excluding hydrogens is 366 g/mol. The molecule has 2 aromatic rings. The van der Waals surface area contributed by atoms with Gasteiger partial charge in [-0.25, -0.2) is 4.98 Å². The number of carbonyl (C=O) groups excluding carboxylic acids is 2. The molecule has 0 unspecified atom stereocenters. The highest BCUT2D eigenvalue weighted by Crippen LogP contribution is 2.25. The summed E-state index contributed by atoms with van der Waals surface area (Å²) in [6.45, 7) is 6.85. The highest BCUT2D eigenvalue weighted by atomic mass is 16.2. The van der Waals surface area contributed by atoms with Gasteiger partial charge in [-0.2, -0.15) is 0 Å². The SMILES string of the molecule is CCN(CC)c1ccc(NC(=O)c2nc(C(=O)NC3CC3)c3n2CCCC3)cc1. The highest BCUT2D eigenvalue weighted by Gasteiger charge is 2.30. The lowest BCUT2D eigenvalue weighted by atomic mass is 10.1. The lowest BCUT2D eigenvalue weighted by molar-refractivity contribution is 0.0945. The van der Waals surface area contributed by atoms with Crippen molar-refractivity contribution >= 4 is 23.2 Å². The zero-order valence-corrected chi connectivity index (χ0v) is 17.2. The number of nitrogens with zero attached hydrogens (tertiary/aromatic N) is 3. The number of aromatic nitrogens is 2. The number of benzene rings is 1. The minimum absolute atomic E-state index is 0.152. The van der Waals surface area contributed by atoms with Gasteiger partial charge in [-0.05, 0) is 70.2 Å². The molecule has 29 heavy (non-hydrogen) atoms. The van der Waals surface area contributed by atoms with Crippen molar-refractivity contribution in [2.45, 2.75) is 58.5 Å². The zero-order valence-electron chi connectivity index (χ0n) is 17.2. The van der Waals surface area contributed by atoms with E-state index >= 15 is 0 Å². The van der Waals surface area contributed by atoms with E-state index in [1.165, 1.54) is 0 Å². The van der Waals surface area contributed by atoms with Crippen molar-refractivity contribution < 1.29 is 9.59 Å². The van der Waals surface area contributed by atoms with Crippen LogP contribution in [0, 0.1) is 0 Å². The van der Waals surface area contributed by atoms with Gasteiger partial charge in [0.25, 0.3) is 11.8 Å². The van der Waals surface area contributed by atoms with Gasteiger partial charge in [0.05, 0.1) is 5.69 Å². The number of carbonyl (C=O) groups is 2. The lowest BCUT2D eigenvalue weighted by Crippen LogP contribution is -2.27. The van der Waals surface area contributed by atoms with Crippen molar-refractivity contribution in [3.63, 3.8) is 0 Å². The van der Waals surface area contributed by atoms with E-state index in [0.29, 0.717) is 11.5 Å². The second kappa shape index (κ2) is 8.27. The molecule has 0 bridgehead atoms. The van der Waals surface area contributed by atoms with Gasteiger partial charge in [-0.15, -0.1) is 0 Å². The average molecular weight is 396 g/mol. The molecule has 2 N–H and O–H groups in total. The smallest absolute Gasteiger partial charge is 0.291 e. The number of fused-ring (bicyclic) bond motifs is 1. The summed E-state index contributed by atoms with van der Waals surface area (Å²) in [6.07, 6.45) is 4.85. The van der Waals surface area contributed by atoms with Crippen molar-refractivity contribution in [1.29, 1.82) is 0 Å². The minimum Gasteiger partial charge on any atom is -0.372 e. The third-order valence-electron chi connectivity index (χ3n) is 5.70. The first-order chi connectivity index (χ1) is 14.1. The van der Waals surface area contributed by atoms with E-state index in [-0.39, 0.29) is 17.9 Å². The predicted molar refractivity (Wildman–Crippen MR) is 114 cm³/mol. The van der Waals surface area contributed by atoms with Crippen LogP contribution in [-0.2, 0) is 13.0 Å². The maximum atomic E-state index is 13.0. The fraction of sp³-hybridized carbons (Fsp3) is 0.500. The topological polar surface area (TPSA) is 79.3 Å². The van der Waals surface area contributed by atoms with Crippen LogP contribution in [0.1, 0.15) is 66.3 Å². The summed E-state index contributed by atoms with van der Waals surface area (Å²) in [5, 5.41) is 5.94. The van der Waals surface area contributed by atoms with Crippen LogP contribution in [0.3, 0.4) is 0 Å². The van der Waals surface area contributed by atoms with Crippen LogP contribution in [0.2, 0.25) is 0 Å². The summed E-state index contributed by atoms with van der Waals surface area (Å²) >= 11 is 0. The number of nitrogens with one attached hydrogen (secondary N) is 2. The molecule has 0 atom stereocenters. The number of hydrogen-bond donors (Lipinski definition) is 2. The largest absolute Gasteiger partial charge is 0.372 e. The molecule has 4 rings (SSSR count). The van der Waals surface area contributed by atoms with Gasteiger partial charge in [0.2, 0.25) is 0 Å². The van der Waals surface area contributed by atoms with E-state index < -0.39 is 0 Å². The van der Waals surface area contributed by atoms with E-state index in [2.05, 4.69) is 34.4 Å². The van der Waals surface area contributed by atoms with Crippen LogP contribution in [0.4, 0.5) is 11.4 Å². The molecule has 1 aliphatic carbocycles. The Bertz CT molecular complexity index is 895. The predicted octanol–water partition coefficient (Wildman–Crippen LogP) is 3.21. The molecule has 1 aromatic heterocycles. The quantitative estimate of drug-likeness (QED) is 0.755. The summed E-state index contributed by atoms with van der Waals surface area (Å²) in [7, 11) is 0. The summed E-state index contributed by atoms with van der Waals surface area (Å²) < 4.78 is 1.92. The Kier molecular flexibility index (Phi) is 5.56. The molecule has 1 aliphatic heterocycles. The van der Waals surface area contributed by atoms with Crippen LogP contribution in [0.5, 0.6) is 0 Å². The molecule has 1 saturated carbocycles. The van der Waals surface area contributed by atoms with Gasteiger partial charge in [0.15, 0.2) is 5.82 Å². The standard InChI is InChI=1S/C22H29N5O2/c1-3-26(4-2)17-12-10-16(11-13-17)24-22(29)20-25-19(21(28)23-15-8-9-15)18-7-5-6-14-27(18)20/h10-13,15H,3-9,14H2,1-2H3,(H,23,28)(H,24,29). The fourth-order valence-electron chi connectivity index (χ4n) is 3.91. The second-order valence-electron chi connectivity index (χ2n) is 7.76. The van der Waals surface area contributed by atoms with Gasteiger partial charge in [-0.1, -0.05) is 0 Å². The number of anilines is 2. The molecule has 0 spiro atoms. The molecule has 2 aliphatic rings. The van der Waals surface area contributed by atoms with Gasteiger partial charge >= 0.3 is 0 Å². The normalized spacial score (nSPS) is 15.5. The van der Waals surface area contributed by atoms with Crippen LogP contribution in [0.15, 0.2) is 24.3 Å². The summed E-state index contributed by atoms with van der Waals surface area (Å²) in [4.78, 5) is 32.3. The Balaban J connectivity index is 1.53. The Labute approximate surface area is 171 Å². The molecule has 2 amide bonds. The first-order valence-corrected chi connectivity index (χ1v) is 10.7. The van der Waals surface area contributed by atoms with Crippen molar-refractivity contribution in [3.05, 3.63) is 41.5 Å². The summed E-state index contributed by atoms with van der Waals surface area (Å²) in [6, 6.07) is 8.11. The third kappa shape index (κ3) is 4.13. The van der Waals surface area contributed by atoms with Gasteiger partial charge in [-0.3, -0.25) is 9.59 Å². The maximum absolute atomic E-state index is 13.0. The first-order valence-electron chi connectivity index (χ1n) is 10.7. The molecule has 1 aromatic carbocycles. The van der Waals surface area contributed by atoms with Gasteiger partial charge in [0, 0.05) is 37.1 Å². The maximum Gasteiger partial charge on any atom is 0.291 e. The minimum atomic E-state index is -0.269. The summed E-state index contributed by atoms with van der Waals surface area (Å²) in [5.74, 6) is -0.0940. The average Bonchev–Trinajstić information content (AvgIpc) is 3.46. The van der Waals surface area contributed by atoms with Gasteiger partial charge in [0.1, 0.15) is 5.69 Å². The number of imidazole rings is 1. The zero-order chi connectivity index (χ0) is 20.4. The molecule has 1 fully saturated rings. The van der Waals surface area contributed by atoms with E-state index in [1.54, 1.807) is 0 Å². The molecule has 0 radical (unpaired) electrons. The lowest BCUT2D eigenvalue weighted by Gasteiger charge is -2.21. The van der Waals surface area contributed by atoms with E-state index in [1.807, 2.05) is 28.8 Å². The fourth-order valence-corrected chi connectivity index (χ4v) is 3.91. The van der Waals surface area contributed by atoms with Crippen LogP contribution >= 0.6 is 0 Å². The number of hydrogen-bond acceptors (Lipinski definition) is 4. The highest BCUT2D eigenvalue weighted by molar-refractivity contribution is 6.03. The van der Waals surface area contributed by atoms with Crippen molar-refractivity contribution in [2.24, 2.45) is 0 Å². The van der Waals surface area contributed by atoms with E-state index in [4.69, 9.17) is 0 Å². The Morgan fingerprint density at radius 1 is 1.10 bits per heavy atom. The first kappa shape index (κ1) is 19.5. The van der Waals surface area contributed by atoms with Crippen molar-refractivity contribution in [1.82, 2.24) is 14.9 Å². The van der Waals surface area contributed by atoms with Crippen LogP contribution in [0.25, 0.3) is 0 Å². The monoisotopic (exact) mass is 395 g/mol. The molecular formula is C22H29N5O2. The van der Waals surface area contributed by atoms with Crippen LogP contribution in [-0.4, -0.2) is 40.5 Å². The Morgan fingerprint density at radius 3 is 2.48 bits per heavy atom. The third-order valence-corrected chi connectivity index (χ3v) is 5.70. The molecule has 154 valence electrons. The Morgan fingerprint density at radius 2 is 1.83 bits per heavy atom. The van der Waals surface area contributed by atoms with E-state index in [9.17, 15) is 9.59 Å².